The number of carbonyl (C=O) groups excluding carboxylic acids is 2. The number of hydrogen-bond donors (Lipinski definition) is 2. The third kappa shape index (κ3) is 4.07. The summed E-state index contributed by atoms with van der Waals surface area (Å²) in [4.78, 5) is 26.9. The fraction of sp³-hybridized carbons (Fsp3) is 0.250. The first kappa shape index (κ1) is 15.5. The van der Waals surface area contributed by atoms with Gasteiger partial charge in [-0.15, -0.1) is 11.8 Å². The van der Waals surface area contributed by atoms with Gasteiger partial charge in [0.25, 0.3) is 0 Å². The van der Waals surface area contributed by atoms with Crippen LogP contribution >= 0.6 is 11.8 Å². The van der Waals surface area contributed by atoms with Crippen molar-refractivity contribution in [2.45, 2.75) is 11.4 Å². The van der Waals surface area contributed by atoms with E-state index >= 15 is 0 Å². The monoisotopic (exact) mass is 331 g/mol. The first-order chi connectivity index (χ1) is 11.2. The molecule has 0 fully saturated rings. The van der Waals surface area contributed by atoms with Gasteiger partial charge in [0.05, 0.1) is 25.0 Å². The number of rotatable bonds is 4. The van der Waals surface area contributed by atoms with Crippen LogP contribution in [-0.4, -0.2) is 30.8 Å². The standard InChI is InChI=1S/C16H17N3O3S/c20-15(18-16(21)17-10-12-4-3-8-22-12)11-19-7-9-23-14-6-2-1-5-13(14)19/h1-6,8H,7,9-11H2,(H2,17,18,20,21). The number of thioether (sulfide) groups is 1. The molecule has 0 spiro atoms. The second-order valence-electron chi connectivity index (χ2n) is 5.05. The highest BCUT2D eigenvalue weighted by atomic mass is 32.2. The lowest BCUT2D eigenvalue weighted by atomic mass is 10.2. The molecule has 0 unspecified atom stereocenters. The Hall–Kier alpha value is -2.41. The zero-order valence-corrected chi connectivity index (χ0v) is 13.3. The molecule has 3 rings (SSSR count). The molecule has 0 saturated heterocycles. The number of urea groups is 1. The number of imide groups is 1. The molecule has 23 heavy (non-hydrogen) atoms. The van der Waals surface area contributed by atoms with E-state index in [9.17, 15) is 9.59 Å². The molecule has 2 heterocycles. The van der Waals surface area contributed by atoms with Gasteiger partial charge in [-0.2, -0.15) is 0 Å². The third-order valence-electron chi connectivity index (χ3n) is 3.42. The molecule has 2 N–H and O–H groups in total. The Kier molecular flexibility index (Phi) is 4.87. The van der Waals surface area contributed by atoms with Gasteiger partial charge in [0.1, 0.15) is 5.76 Å². The van der Waals surface area contributed by atoms with Crippen molar-refractivity contribution >= 4 is 29.4 Å². The molecular weight excluding hydrogens is 314 g/mol. The molecule has 0 atom stereocenters. The molecule has 6 nitrogen and oxygen atoms in total. The van der Waals surface area contributed by atoms with Gasteiger partial charge in [-0.25, -0.2) is 4.79 Å². The number of nitrogens with one attached hydrogen (secondary N) is 2. The lowest BCUT2D eigenvalue weighted by Gasteiger charge is -2.30. The van der Waals surface area contributed by atoms with Gasteiger partial charge >= 0.3 is 6.03 Å². The van der Waals surface area contributed by atoms with Gasteiger partial charge in [0.2, 0.25) is 5.91 Å². The predicted molar refractivity (Wildman–Crippen MR) is 88.5 cm³/mol. The average Bonchev–Trinajstić information content (AvgIpc) is 3.07. The summed E-state index contributed by atoms with van der Waals surface area (Å²) < 4.78 is 5.11. The normalized spacial score (nSPS) is 13.3. The molecule has 0 bridgehead atoms. The summed E-state index contributed by atoms with van der Waals surface area (Å²) in [7, 11) is 0. The number of hydrogen-bond acceptors (Lipinski definition) is 5. The van der Waals surface area contributed by atoms with Crippen molar-refractivity contribution in [3.05, 3.63) is 48.4 Å². The second-order valence-corrected chi connectivity index (χ2v) is 6.18. The number of para-hydroxylation sites is 1. The van der Waals surface area contributed by atoms with Crippen molar-refractivity contribution in [1.29, 1.82) is 0 Å². The second kappa shape index (κ2) is 7.23. The molecule has 0 radical (unpaired) electrons. The lowest BCUT2D eigenvalue weighted by Crippen LogP contribution is -2.45. The Balaban J connectivity index is 1.51. The molecule has 1 aliphatic rings. The van der Waals surface area contributed by atoms with Crippen LogP contribution in [0.1, 0.15) is 5.76 Å². The fourth-order valence-corrected chi connectivity index (χ4v) is 3.41. The topological polar surface area (TPSA) is 74.6 Å². The number of furan rings is 1. The highest BCUT2D eigenvalue weighted by Crippen LogP contribution is 2.33. The van der Waals surface area contributed by atoms with Gasteiger partial charge in [-0.3, -0.25) is 10.1 Å². The Morgan fingerprint density at radius 1 is 1.22 bits per heavy atom. The largest absolute Gasteiger partial charge is 0.467 e. The molecule has 120 valence electrons. The van der Waals surface area contributed by atoms with Gasteiger partial charge in [0.15, 0.2) is 0 Å². The van der Waals surface area contributed by atoms with Gasteiger partial charge in [-0.1, -0.05) is 12.1 Å². The van der Waals surface area contributed by atoms with Crippen molar-refractivity contribution < 1.29 is 14.0 Å². The van der Waals surface area contributed by atoms with Crippen LogP contribution in [0.3, 0.4) is 0 Å². The van der Waals surface area contributed by atoms with Crippen LogP contribution < -0.4 is 15.5 Å². The van der Waals surface area contributed by atoms with Crippen LogP contribution in [0.5, 0.6) is 0 Å². The van der Waals surface area contributed by atoms with E-state index in [-0.39, 0.29) is 19.0 Å². The van der Waals surface area contributed by atoms with E-state index < -0.39 is 6.03 Å². The molecule has 1 aliphatic heterocycles. The predicted octanol–water partition coefficient (Wildman–Crippen LogP) is 2.22. The summed E-state index contributed by atoms with van der Waals surface area (Å²) in [5.41, 5.74) is 1.04. The SMILES string of the molecule is O=C(CN1CCSc2ccccc21)NC(=O)NCc1ccco1. The van der Waals surface area contributed by atoms with Gasteiger partial charge in [-0.05, 0) is 24.3 Å². The van der Waals surface area contributed by atoms with Crippen molar-refractivity contribution in [2.75, 3.05) is 23.7 Å². The summed E-state index contributed by atoms with van der Waals surface area (Å²) in [6, 6.07) is 10.9. The Morgan fingerprint density at radius 2 is 2.09 bits per heavy atom. The van der Waals surface area contributed by atoms with Crippen LogP contribution in [0, 0.1) is 0 Å². The Bertz CT molecular complexity index is 688. The Labute approximate surface area is 138 Å². The lowest BCUT2D eigenvalue weighted by molar-refractivity contribution is -0.118. The minimum Gasteiger partial charge on any atom is -0.467 e. The zero-order valence-electron chi connectivity index (χ0n) is 12.5. The third-order valence-corrected chi connectivity index (χ3v) is 4.46. The van der Waals surface area contributed by atoms with E-state index in [4.69, 9.17) is 4.42 Å². The highest BCUT2D eigenvalue weighted by Gasteiger charge is 2.20. The Morgan fingerprint density at radius 3 is 2.91 bits per heavy atom. The summed E-state index contributed by atoms with van der Waals surface area (Å²) >= 11 is 1.78. The number of anilines is 1. The van der Waals surface area contributed by atoms with E-state index in [2.05, 4.69) is 10.6 Å². The van der Waals surface area contributed by atoms with Crippen LogP contribution in [0.25, 0.3) is 0 Å². The fourth-order valence-electron chi connectivity index (χ4n) is 2.36. The van der Waals surface area contributed by atoms with Crippen molar-refractivity contribution in [3.8, 4) is 0 Å². The summed E-state index contributed by atoms with van der Waals surface area (Å²) in [5.74, 6) is 1.23. The summed E-state index contributed by atoms with van der Waals surface area (Å²) in [6.07, 6.45) is 1.53. The smallest absolute Gasteiger partial charge is 0.321 e. The van der Waals surface area contributed by atoms with Crippen molar-refractivity contribution in [2.24, 2.45) is 0 Å². The highest BCUT2D eigenvalue weighted by molar-refractivity contribution is 7.99. The molecule has 0 saturated carbocycles. The van der Waals surface area contributed by atoms with Crippen molar-refractivity contribution in [3.63, 3.8) is 0 Å². The molecule has 1 aromatic heterocycles. The van der Waals surface area contributed by atoms with Crippen LogP contribution in [0.2, 0.25) is 0 Å². The number of nitrogens with zero attached hydrogens (tertiary/aromatic N) is 1. The van der Waals surface area contributed by atoms with E-state index in [1.807, 2.05) is 29.2 Å². The molecule has 7 heteroatoms. The van der Waals surface area contributed by atoms with E-state index in [0.29, 0.717) is 5.76 Å². The maximum atomic E-state index is 12.0. The molecule has 0 aliphatic carbocycles. The maximum Gasteiger partial charge on any atom is 0.321 e. The van der Waals surface area contributed by atoms with E-state index in [1.165, 1.54) is 6.26 Å². The van der Waals surface area contributed by atoms with Crippen LogP contribution in [0.15, 0.2) is 52.0 Å². The average molecular weight is 331 g/mol. The zero-order chi connectivity index (χ0) is 16.1. The van der Waals surface area contributed by atoms with Gasteiger partial charge < -0.3 is 14.6 Å². The molecule has 1 aromatic carbocycles. The first-order valence-corrected chi connectivity index (χ1v) is 8.28. The number of benzene rings is 1. The number of fused-ring (bicyclic) bond motifs is 1. The number of amides is 3. The quantitative estimate of drug-likeness (QED) is 0.898. The van der Waals surface area contributed by atoms with Crippen molar-refractivity contribution in [1.82, 2.24) is 10.6 Å². The maximum absolute atomic E-state index is 12.0. The molecular formula is C16H17N3O3S. The minimum atomic E-state index is -0.522. The summed E-state index contributed by atoms with van der Waals surface area (Å²) in [5, 5.41) is 4.93. The molecule has 2 aromatic rings. The van der Waals surface area contributed by atoms with Crippen LogP contribution in [0.4, 0.5) is 10.5 Å². The van der Waals surface area contributed by atoms with Gasteiger partial charge in [0, 0.05) is 17.2 Å². The molecule has 3 amide bonds. The van der Waals surface area contributed by atoms with E-state index in [0.717, 1.165) is 22.9 Å². The first-order valence-electron chi connectivity index (χ1n) is 7.29. The number of carbonyl (C=O) groups is 2. The van der Waals surface area contributed by atoms with E-state index in [1.54, 1.807) is 23.9 Å². The summed E-state index contributed by atoms with van der Waals surface area (Å²) in [6.45, 7) is 1.18. The van der Waals surface area contributed by atoms with Crippen LogP contribution in [-0.2, 0) is 11.3 Å². The minimum absolute atomic E-state index is 0.158.